The number of guanidine groups is 2. The van der Waals surface area contributed by atoms with E-state index in [1.807, 2.05) is 13.8 Å². The minimum absolute atomic E-state index is 0.0417. The number of nitrogens with one attached hydrogen (secondary N) is 2. The van der Waals surface area contributed by atoms with E-state index in [1.54, 1.807) is 12.1 Å². The average Bonchev–Trinajstić information content (AvgIpc) is 2.45. The molecule has 1 aromatic carbocycles. The molecule has 1 aliphatic heterocycles. The first-order valence-electron chi connectivity index (χ1n) is 7.18. The number of hydrogen-bond donors (Lipinski definition) is 3. The monoisotopic (exact) mass is 320 g/mol. The standard InChI is InChI=1S/C14H20N6O3/c1-14(2)18-12(15)17-13(19-14)16-8-3-9-23-11-6-4-10(5-7-11)20(21)22/h4-7H,3,8-9H2,1-2H3,(H4,15,16,17,18,19). The summed E-state index contributed by atoms with van der Waals surface area (Å²) in [7, 11) is 0. The van der Waals surface area contributed by atoms with Gasteiger partial charge in [-0.05, 0) is 26.0 Å². The molecule has 23 heavy (non-hydrogen) atoms. The summed E-state index contributed by atoms with van der Waals surface area (Å²) in [6, 6.07) is 5.98. The van der Waals surface area contributed by atoms with Gasteiger partial charge >= 0.3 is 0 Å². The van der Waals surface area contributed by atoms with Crippen LogP contribution in [0.15, 0.2) is 34.3 Å². The molecule has 0 saturated heterocycles. The molecule has 1 heterocycles. The van der Waals surface area contributed by atoms with Gasteiger partial charge in [0.15, 0.2) is 11.9 Å². The van der Waals surface area contributed by atoms with Crippen LogP contribution in [0.2, 0.25) is 0 Å². The summed E-state index contributed by atoms with van der Waals surface area (Å²) in [6.07, 6.45) is 0.696. The van der Waals surface area contributed by atoms with E-state index < -0.39 is 10.6 Å². The molecular weight excluding hydrogens is 300 g/mol. The van der Waals surface area contributed by atoms with Crippen molar-refractivity contribution in [1.82, 2.24) is 10.6 Å². The van der Waals surface area contributed by atoms with Crippen LogP contribution in [0.25, 0.3) is 0 Å². The van der Waals surface area contributed by atoms with Crippen molar-refractivity contribution in [3.8, 4) is 5.75 Å². The molecule has 0 saturated carbocycles. The molecule has 0 aliphatic carbocycles. The van der Waals surface area contributed by atoms with Crippen LogP contribution in [0.4, 0.5) is 5.69 Å². The van der Waals surface area contributed by atoms with Crippen molar-refractivity contribution in [1.29, 1.82) is 0 Å². The number of rotatable bonds is 6. The van der Waals surface area contributed by atoms with Crippen molar-refractivity contribution >= 4 is 17.6 Å². The number of nitro benzene ring substituents is 1. The molecule has 1 aliphatic rings. The first-order valence-corrected chi connectivity index (χ1v) is 7.18. The Morgan fingerprint density at radius 1 is 1.39 bits per heavy atom. The number of hydrogen-bond acceptors (Lipinski definition) is 6. The van der Waals surface area contributed by atoms with Crippen molar-refractivity contribution in [2.24, 2.45) is 15.7 Å². The smallest absolute Gasteiger partial charge is 0.269 e. The molecule has 1 aromatic rings. The number of benzene rings is 1. The van der Waals surface area contributed by atoms with Gasteiger partial charge < -0.3 is 15.8 Å². The molecule has 0 atom stereocenters. The fourth-order valence-corrected chi connectivity index (χ4v) is 1.99. The van der Waals surface area contributed by atoms with Gasteiger partial charge in [0.05, 0.1) is 11.5 Å². The Balaban J connectivity index is 1.74. The van der Waals surface area contributed by atoms with Crippen molar-refractivity contribution < 1.29 is 9.66 Å². The maximum absolute atomic E-state index is 10.6. The minimum atomic E-state index is -0.483. The van der Waals surface area contributed by atoms with Gasteiger partial charge in [0.2, 0.25) is 0 Å². The number of nitro groups is 1. The molecule has 0 fully saturated rings. The topological polar surface area (TPSA) is 127 Å². The Morgan fingerprint density at radius 3 is 2.70 bits per heavy atom. The van der Waals surface area contributed by atoms with Gasteiger partial charge in [0.25, 0.3) is 5.69 Å². The normalized spacial score (nSPS) is 17.8. The number of ether oxygens (including phenoxy) is 1. The molecular formula is C14H20N6O3. The van der Waals surface area contributed by atoms with Crippen LogP contribution >= 0.6 is 0 Å². The molecule has 0 spiro atoms. The maximum Gasteiger partial charge on any atom is 0.269 e. The fourth-order valence-electron chi connectivity index (χ4n) is 1.99. The second kappa shape index (κ2) is 6.95. The number of nitrogens with two attached hydrogens (primary N) is 1. The van der Waals surface area contributed by atoms with Gasteiger partial charge in [0.1, 0.15) is 11.4 Å². The summed E-state index contributed by atoms with van der Waals surface area (Å²) < 4.78 is 5.51. The van der Waals surface area contributed by atoms with Crippen molar-refractivity contribution in [2.75, 3.05) is 13.2 Å². The number of aliphatic imine (C=N–C) groups is 2. The van der Waals surface area contributed by atoms with Gasteiger partial charge in [-0.25, -0.2) is 4.99 Å². The zero-order valence-electron chi connectivity index (χ0n) is 13.1. The second-order valence-electron chi connectivity index (χ2n) is 5.49. The predicted octanol–water partition coefficient (Wildman–Crippen LogP) is 0.963. The van der Waals surface area contributed by atoms with Crippen LogP contribution in [0, 0.1) is 10.1 Å². The highest BCUT2D eigenvalue weighted by Gasteiger charge is 2.23. The molecule has 4 N–H and O–H groups in total. The van der Waals surface area contributed by atoms with Crippen molar-refractivity contribution in [2.45, 2.75) is 25.9 Å². The van der Waals surface area contributed by atoms with Gasteiger partial charge in [0, 0.05) is 25.1 Å². The van der Waals surface area contributed by atoms with Crippen LogP contribution in [0.5, 0.6) is 5.75 Å². The van der Waals surface area contributed by atoms with Crippen LogP contribution in [0.1, 0.15) is 20.3 Å². The largest absolute Gasteiger partial charge is 0.494 e. The van der Waals surface area contributed by atoms with E-state index in [0.29, 0.717) is 37.2 Å². The molecule has 0 aromatic heterocycles. The highest BCUT2D eigenvalue weighted by Crippen LogP contribution is 2.17. The third kappa shape index (κ3) is 5.13. The summed E-state index contributed by atoms with van der Waals surface area (Å²) >= 11 is 0. The van der Waals surface area contributed by atoms with Gasteiger partial charge in [-0.2, -0.15) is 0 Å². The fraction of sp³-hybridized carbons (Fsp3) is 0.429. The summed E-state index contributed by atoms with van der Waals surface area (Å²) in [5, 5.41) is 16.5. The van der Waals surface area contributed by atoms with E-state index in [4.69, 9.17) is 10.5 Å². The van der Waals surface area contributed by atoms with E-state index >= 15 is 0 Å². The highest BCUT2D eigenvalue weighted by molar-refractivity contribution is 6.00. The molecule has 0 radical (unpaired) electrons. The Labute approximate surface area is 133 Å². The Kier molecular flexibility index (Phi) is 4.99. The lowest BCUT2D eigenvalue weighted by molar-refractivity contribution is -0.384. The molecule has 2 rings (SSSR count). The average molecular weight is 320 g/mol. The molecule has 0 amide bonds. The molecule has 0 unspecified atom stereocenters. The van der Waals surface area contributed by atoms with Crippen molar-refractivity contribution in [3.63, 3.8) is 0 Å². The Bertz CT molecular complexity index is 624. The van der Waals surface area contributed by atoms with Crippen molar-refractivity contribution in [3.05, 3.63) is 34.4 Å². The lowest BCUT2D eigenvalue weighted by Crippen LogP contribution is -2.57. The van der Waals surface area contributed by atoms with E-state index in [9.17, 15) is 10.1 Å². The Morgan fingerprint density at radius 2 is 2.09 bits per heavy atom. The number of non-ortho nitro benzene ring substituents is 1. The zero-order valence-corrected chi connectivity index (χ0v) is 13.1. The van der Waals surface area contributed by atoms with E-state index in [0.717, 1.165) is 0 Å². The molecule has 9 nitrogen and oxygen atoms in total. The lowest BCUT2D eigenvalue weighted by atomic mass is 10.2. The zero-order chi connectivity index (χ0) is 16.9. The number of nitrogens with zero attached hydrogens (tertiary/aromatic N) is 3. The molecule has 124 valence electrons. The third-order valence-electron chi connectivity index (χ3n) is 2.96. The second-order valence-corrected chi connectivity index (χ2v) is 5.49. The van der Waals surface area contributed by atoms with Crippen LogP contribution in [-0.2, 0) is 0 Å². The van der Waals surface area contributed by atoms with E-state index in [2.05, 4.69) is 20.6 Å². The summed E-state index contributed by atoms with van der Waals surface area (Å²) in [4.78, 5) is 18.7. The summed E-state index contributed by atoms with van der Waals surface area (Å²) in [6.45, 7) is 4.80. The van der Waals surface area contributed by atoms with Crippen LogP contribution in [-0.4, -0.2) is 35.7 Å². The summed E-state index contributed by atoms with van der Waals surface area (Å²) in [5.41, 5.74) is 5.25. The Hall–Kier alpha value is -2.84. The molecule has 0 bridgehead atoms. The lowest BCUT2D eigenvalue weighted by Gasteiger charge is -2.29. The molecule has 9 heteroatoms. The maximum atomic E-state index is 10.6. The minimum Gasteiger partial charge on any atom is -0.494 e. The SMILES string of the molecule is CC1(C)N=C(N)NC(=NCCCOc2ccc([N+](=O)[O-])cc2)N1. The van der Waals surface area contributed by atoms with E-state index in [1.165, 1.54) is 12.1 Å². The summed E-state index contributed by atoms with van der Waals surface area (Å²) in [5.74, 6) is 1.50. The highest BCUT2D eigenvalue weighted by atomic mass is 16.6. The van der Waals surface area contributed by atoms with Gasteiger partial charge in [-0.1, -0.05) is 0 Å². The first-order chi connectivity index (χ1) is 10.9. The van der Waals surface area contributed by atoms with Crippen LogP contribution in [0.3, 0.4) is 0 Å². The third-order valence-corrected chi connectivity index (χ3v) is 2.96. The van der Waals surface area contributed by atoms with Crippen LogP contribution < -0.4 is 21.1 Å². The van der Waals surface area contributed by atoms with E-state index in [-0.39, 0.29) is 5.69 Å². The first kappa shape index (κ1) is 16.5. The van der Waals surface area contributed by atoms with Gasteiger partial charge in [-0.15, -0.1) is 0 Å². The quantitative estimate of drug-likeness (QED) is 0.407. The predicted molar refractivity (Wildman–Crippen MR) is 87.5 cm³/mol. The van der Waals surface area contributed by atoms with Gasteiger partial charge in [-0.3, -0.25) is 20.4 Å².